The molecule has 0 aliphatic rings. The molecule has 0 atom stereocenters. The summed E-state index contributed by atoms with van der Waals surface area (Å²) in [6, 6.07) is 0. The Kier molecular flexibility index (Phi) is 5.00. The van der Waals surface area contributed by atoms with Crippen LogP contribution in [0.3, 0.4) is 0 Å². The van der Waals surface area contributed by atoms with Crippen LogP contribution in [0, 0.1) is 5.41 Å². The summed E-state index contributed by atoms with van der Waals surface area (Å²) in [7, 11) is 1.91. The Morgan fingerprint density at radius 1 is 1.50 bits per heavy atom. The maximum absolute atomic E-state index is 10.6. The summed E-state index contributed by atoms with van der Waals surface area (Å²) < 4.78 is 0. The van der Waals surface area contributed by atoms with Crippen LogP contribution in [0.25, 0.3) is 0 Å². The van der Waals surface area contributed by atoms with Gasteiger partial charge in [-0.25, -0.2) is 0 Å². The van der Waals surface area contributed by atoms with Gasteiger partial charge in [0.1, 0.15) is 5.78 Å². The van der Waals surface area contributed by atoms with Gasteiger partial charge in [0.25, 0.3) is 0 Å². The number of nitrogens with zero attached hydrogens (tertiary/aromatic N) is 1. The predicted octanol–water partition coefficient (Wildman–Crippen LogP) is 1.45. The van der Waals surface area contributed by atoms with Crippen LogP contribution < -0.4 is 0 Å². The summed E-state index contributed by atoms with van der Waals surface area (Å²) in [5.41, 5.74) is 1.01. The van der Waals surface area contributed by atoms with Crippen LogP contribution in [0.2, 0.25) is 0 Å². The van der Waals surface area contributed by atoms with Crippen LogP contribution >= 0.6 is 0 Å². The van der Waals surface area contributed by atoms with Gasteiger partial charge in [-0.05, 0) is 19.9 Å². The molecular formula is C9H16N2O. The molecule has 0 spiro atoms. The van der Waals surface area contributed by atoms with E-state index in [2.05, 4.69) is 0 Å². The zero-order chi connectivity index (χ0) is 9.56. The Balaban J connectivity index is 3.86. The maximum Gasteiger partial charge on any atom is 0.131 e. The van der Waals surface area contributed by atoms with E-state index in [-0.39, 0.29) is 5.78 Å². The Labute approximate surface area is 73.6 Å². The highest BCUT2D eigenvalue weighted by molar-refractivity contribution is 5.75. The first-order chi connectivity index (χ1) is 5.57. The lowest BCUT2D eigenvalue weighted by atomic mass is 10.3. The quantitative estimate of drug-likeness (QED) is 0.631. The molecule has 1 N–H and O–H groups in total. The largest absolute Gasteiger partial charge is 0.378 e. The van der Waals surface area contributed by atoms with Gasteiger partial charge in [-0.1, -0.05) is 0 Å². The predicted molar refractivity (Wildman–Crippen MR) is 50.5 cm³/mol. The van der Waals surface area contributed by atoms with Crippen molar-refractivity contribution in [2.45, 2.75) is 20.3 Å². The lowest BCUT2D eigenvalue weighted by Crippen LogP contribution is -2.19. The maximum atomic E-state index is 10.6. The molecule has 0 bridgehead atoms. The first-order valence-corrected chi connectivity index (χ1v) is 3.96. The van der Waals surface area contributed by atoms with Gasteiger partial charge in [0.15, 0.2) is 0 Å². The summed E-state index contributed by atoms with van der Waals surface area (Å²) in [4.78, 5) is 12.6. The first kappa shape index (κ1) is 10.9. The SMILES string of the molecule is CC(=O)CCN(C)C(C)=CC=N. The normalized spacial score (nSPS) is 11.1. The number of hydrogen-bond acceptors (Lipinski definition) is 3. The second-order valence-electron chi connectivity index (χ2n) is 2.85. The summed E-state index contributed by atoms with van der Waals surface area (Å²) >= 11 is 0. The molecule has 0 aliphatic heterocycles. The van der Waals surface area contributed by atoms with E-state index < -0.39 is 0 Å². The summed E-state index contributed by atoms with van der Waals surface area (Å²) in [5.74, 6) is 0.199. The van der Waals surface area contributed by atoms with E-state index in [1.54, 1.807) is 13.0 Å². The average molecular weight is 168 g/mol. The Hall–Kier alpha value is -1.12. The molecule has 0 aliphatic carbocycles. The average Bonchev–Trinajstić information content (AvgIpc) is 2.00. The lowest BCUT2D eigenvalue weighted by Gasteiger charge is -2.18. The second kappa shape index (κ2) is 5.52. The molecule has 0 amide bonds. The van der Waals surface area contributed by atoms with Gasteiger partial charge in [-0.3, -0.25) is 4.79 Å². The van der Waals surface area contributed by atoms with Crippen LogP contribution in [0.1, 0.15) is 20.3 Å². The van der Waals surface area contributed by atoms with Crippen molar-refractivity contribution in [1.82, 2.24) is 4.90 Å². The highest BCUT2D eigenvalue weighted by Crippen LogP contribution is 1.99. The smallest absolute Gasteiger partial charge is 0.131 e. The van der Waals surface area contributed by atoms with E-state index >= 15 is 0 Å². The van der Waals surface area contributed by atoms with E-state index in [0.717, 1.165) is 12.2 Å². The van der Waals surface area contributed by atoms with Crippen LogP contribution in [0.15, 0.2) is 11.8 Å². The monoisotopic (exact) mass is 168 g/mol. The van der Waals surface area contributed by atoms with Gasteiger partial charge in [-0.15, -0.1) is 0 Å². The molecule has 0 aromatic heterocycles. The summed E-state index contributed by atoms with van der Waals surface area (Å²) in [6.07, 6.45) is 3.53. The van der Waals surface area contributed by atoms with E-state index in [1.165, 1.54) is 6.21 Å². The molecule has 0 fully saturated rings. The van der Waals surface area contributed by atoms with E-state index in [0.29, 0.717) is 6.42 Å². The molecule has 12 heavy (non-hydrogen) atoms. The molecule has 3 heteroatoms. The minimum Gasteiger partial charge on any atom is -0.378 e. The zero-order valence-electron chi connectivity index (χ0n) is 7.92. The highest BCUT2D eigenvalue weighted by Gasteiger charge is 1.99. The van der Waals surface area contributed by atoms with Crippen molar-refractivity contribution in [2.24, 2.45) is 0 Å². The van der Waals surface area contributed by atoms with Crippen LogP contribution in [-0.2, 0) is 4.79 Å². The van der Waals surface area contributed by atoms with Gasteiger partial charge in [-0.2, -0.15) is 0 Å². The van der Waals surface area contributed by atoms with Gasteiger partial charge in [0, 0.05) is 31.9 Å². The molecular weight excluding hydrogens is 152 g/mol. The van der Waals surface area contributed by atoms with E-state index in [9.17, 15) is 4.79 Å². The second-order valence-corrected chi connectivity index (χ2v) is 2.85. The van der Waals surface area contributed by atoms with Gasteiger partial charge in [0.2, 0.25) is 0 Å². The van der Waals surface area contributed by atoms with Crippen molar-refractivity contribution in [3.8, 4) is 0 Å². The number of Topliss-reactive ketones (excluding diaryl/α,β-unsaturated/α-hetero) is 1. The van der Waals surface area contributed by atoms with Gasteiger partial charge in [0.05, 0.1) is 0 Å². The number of rotatable bonds is 5. The fraction of sp³-hybridized carbons (Fsp3) is 0.556. The summed E-state index contributed by atoms with van der Waals surface area (Å²) in [5, 5.41) is 6.85. The van der Waals surface area contributed by atoms with Crippen molar-refractivity contribution < 1.29 is 4.79 Å². The molecule has 0 aromatic carbocycles. The molecule has 0 rings (SSSR count). The molecule has 0 heterocycles. The van der Waals surface area contributed by atoms with Crippen LogP contribution in [0.4, 0.5) is 0 Å². The van der Waals surface area contributed by atoms with E-state index in [1.807, 2.05) is 18.9 Å². The fourth-order valence-electron chi connectivity index (χ4n) is 0.749. The molecule has 0 saturated heterocycles. The van der Waals surface area contributed by atoms with E-state index in [4.69, 9.17) is 5.41 Å². The molecule has 0 aromatic rings. The Morgan fingerprint density at radius 2 is 2.08 bits per heavy atom. The third-order valence-corrected chi connectivity index (χ3v) is 1.73. The molecule has 3 nitrogen and oxygen atoms in total. The number of nitrogens with one attached hydrogen (secondary N) is 1. The topological polar surface area (TPSA) is 44.2 Å². The number of ketones is 1. The fourth-order valence-corrected chi connectivity index (χ4v) is 0.749. The number of allylic oxidation sites excluding steroid dienone is 2. The van der Waals surface area contributed by atoms with Crippen LogP contribution in [0.5, 0.6) is 0 Å². The van der Waals surface area contributed by atoms with Crippen molar-refractivity contribution >= 4 is 12.0 Å². The lowest BCUT2D eigenvalue weighted by molar-refractivity contribution is -0.117. The Bertz CT molecular complexity index is 197. The van der Waals surface area contributed by atoms with Crippen molar-refractivity contribution in [3.63, 3.8) is 0 Å². The van der Waals surface area contributed by atoms with Crippen LogP contribution in [-0.4, -0.2) is 30.5 Å². The standard InChI is InChI=1S/C9H16N2O/c1-8(4-6-10)11(3)7-5-9(2)12/h4,6,10H,5,7H2,1-3H3. The molecule has 68 valence electrons. The Morgan fingerprint density at radius 3 is 2.50 bits per heavy atom. The number of carbonyl (C=O) groups excluding carboxylic acids is 1. The third kappa shape index (κ3) is 4.66. The minimum absolute atomic E-state index is 0.199. The van der Waals surface area contributed by atoms with Crippen molar-refractivity contribution in [2.75, 3.05) is 13.6 Å². The van der Waals surface area contributed by atoms with Gasteiger partial charge >= 0.3 is 0 Å². The minimum atomic E-state index is 0.199. The number of hydrogen-bond donors (Lipinski definition) is 1. The van der Waals surface area contributed by atoms with Crippen molar-refractivity contribution in [1.29, 1.82) is 5.41 Å². The molecule has 0 radical (unpaired) electrons. The first-order valence-electron chi connectivity index (χ1n) is 3.96. The number of carbonyl (C=O) groups is 1. The third-order valence-electron chi connectivity index (χ3n) is 1.73. The molecule has 0 unspecified atom stereocenters. The highest BCUT2D eigenvalue weighted by atomic mass is 16.1. The summed E-state index contributed by atoms with van der Waals surface area (Å²) in [6.45, 7) is 4.24. The molecule has 0 saturated carbocycles. The van der Waals surface area contributed by atoms with Crippen molar-refractivity contribution in [3.05, 3.63) is 11.8 Å². The zero-order valence-corrected chi connectivity index (χ0v) is 7.92. The van der Waals surface area contributed by atoms with Gasteiger partial charge < -0.3 is 10.3 Å².